The lowest BCUT2D eigenvalue weighted by atomic mass is 9.95. The summed E-state index contributed by atoms with van der Waals surface area (Å²) in [6, 6.07) is 0.483. The standard InChI is InChI=1S/C21H35N5O/c1-15(23-20(27)17-10-12-25(3)13-11-17)19-14-22-21(24-16(19)2)26(4)18-8-6-5-7-9-18/h14-15,17-18H,5-13H2,1-4H3,(H,23,27)/t15-/m1/s1. The fraction of sp³-hybridized carbons (Fsp3) is 0.762. The molecule has 0 radical (unpaired) electrons. The molecule has 0 unspecified atom stereocenters. The van der Waals surface area contributed by atoms with E-state index >= 15 is 0 Å². The van der Waals surface area contributed by atoms with Crippen molar-refractivity contribution in [2.45, 2.75) is 70.9 Å². The Morgan fingerprint density at radius 3 is 2.52 bits per heavy atom. The monoisotopic (exact) mass is 373 g/mol. The van der Waals surface area contributed by atoms with E-state index in [4.69, 9.17) is 4.98 Å². The highest BCUT2D eigenvalue weighted by molar-refractivity contribution is 5.79. The minimum Gasteiger partial charge on any atom is -0.349 e. The molecule has 1 aromatic heterocycles. The molecule has 150 valence electrons. The SMILES string of the molecule is Cc1nc(N(C)C2CCCCC2)ncc1[C@@H](C)NC(=O)C1CCN(C)CC1. The second-order valence-corrected chi connectivity index (χ2v) is 8.42. The average molecular weight is 374 g/mol. The van der Waals surface area contributed by atoms with Gasteiger partial charge in [0.2, 0.25) is 11.9 Å². The zero-order chi connectivity index (χ0) is 19.4. The first-order valence-electron chi connectivity index (χ1n) is 10.5. The van der Waals surface area contributed by atoms with Crippen LogP contribution in [-0.2, 0) is 4.79 Å². The second kappa shape index (κ2) is 9.00. The zero-order valence-electron chi connectivity index (χ0n) is 17.4. The maximum atomic E-state index is 12.6. The molecule has 1 amide bonds. The lowest BCUT2D eigenvalue weighted by Crippen LogP contribution is -2.40. The number of piperidine rings is 1. The van der Waals surface area contributed by atoms with Crippen LogP contribution in [0.2, 0.25) is 0 Å². The van der Waals surface area contributed by atoms with Crippen molar-refractivity contribution in [3.8, 4) is 0 Å². The molecule has 2 fully saturated rings. The van der Waals surface area contributed by atoms with E-state index in [1.807, 2.05) is 20.0 Å². The second-order valence-electron chi connectivity index (χ2n) is 8.42. The molecule has 27 heavy (non-hydrogen) atoms. The quantitative estimate of drug-likeness (QED) is 0.859. The fourth-order valence-electron chi connectivity index (χ4n) is 4.37. The molecule has 2 aliphatic rings. The number of carbonyl (C=O) groups is 1. The third-order valence-electron chi connectivity index (χ3n) is 6.36. The van der Waals surface area contributed by atoms with E-state index < -0.39 is 0 Å². The zero-order valence-corrected chi connectivity index (χ0v) is 17.4. The normalized spacial score (nSPS) is 21.0. The summed E-state index contributed by atoms with van der Waals surface area (Å²) in [7, 11) is 4.22. The molecule has 0 spiro atoms. The van der Waals surface area contributed by atoms with E-state index in [0.717, 1.165) is 43.1 Å². The molecule has 1 N–H and O–H groups in total. The number of amides is 1. The molecule has 6 heteroatoms. The Bertz CT molecular complexity index is 635. The first kappa shape index (κ1) is 20.1. The lowest BCUT2D eigenvalue weighted by Gasteiger charge is -2.31. The van der Waals surface area contributed by atoms with Gasteiger partial charge in [0, 0.05) is 36.5 Å². The van der Waals surface area contributed by atoms with E-state index in [0.29, 0.717) is 6.04 Å². The maximum absolute atomic E-state index is 12.6. The summed E-state index contributed by atoms with van der Waals surface area (Å²) in [5.74, 6) is 1.09. The number of aromatic nitrogens is 2. The van der Waals surface area contributed by atoms with Crippen LogP contribution >= 0.6 is 0 Å². The van der Waals surface area contributed by atoms with Gasteiger partial charge in [-0.15, -0.1) is 0 Å². The van der Waals surface area contributed by atoms with Crippen molar-refractivity contribution in [2.75, 3.05) is 32.1 Å². The van der Waals surface area contributed by atoms with Crippen LogP contribution in [0, 0.1) is 12.8 Å². The van der Waals surface area contributed by atoms with E-state index in [1.165, 1.54) is 32.1 Å². The molecule has 3 rings (SSSR count). The third kappa shape index (κ3) is 4.98. The summed E-state index contributed by atoms with van der Waals surface area (Å²) < 4.78 is 0. The first-order chi connectivity index (χ1) is 13.0. The van der Waals surface area contributed by atoms with Crippen LogP contribution in [0.3, 0.4) is 0 Å². The fourth-order valence-corrected chi connectivity index (χ4v) is 4.37. The van der Waals surface area contributed by atoms with Gasteiger partial charge in [-0.2, -0.15) is 0 Å². The molecular weight excluding hydrogens is 338 g/mol. The van der Waals surface area contributed by atoms with Gasteiger partial charge in [-0.25, -0.2) is 9.97 Å². The molecular formula is C21H35N5O. The summed E-state index contributed by atoms with van der Waals surface area (Å²) in [5.41, 5.74) is 1.97. The van der Waals surface area contributed by atoms with Crippen molar-refractivity contribution in [1.82, 2.24) is 20.2 Å². The van der Waals surface area contributed by atoms with Crippen LogP contribution in [0.15, 0.2) is 6.20 Å². The summed E-state index contributed by atoms with van der Waals surface area (Å²) in [4.78, 5) is 26.5. The van der Waals surface area contributed by atoms with Gasteiger partial charge < -0.3 is 15.1 Å². The van der Waals surface area contributed by atoms with E-state index in [1.54, 1.807) is 0 Å². The Morgan fingerprint density at radius 2 is 1.89 bits per heavy atom. The van der Waals surface area contributed by atoms with Gasteiger partial charge >= 0.3 is 0 Å². The average Bonchev–Trinajstić information content (AvgIpc) is 2.68. The highest BCUT2D eigenvalue weighted by Gasteiger charge is 2.26. The predicted octanol–water partition coefficient (Wildman–Crippen LogP) is 3.07. The van der Waals surface area contributed by atoms with Crippen LogP contribution in [0.5, 0.6) is 0 Å². The van der Waals surface area contributed by atoms with Crippen molar-refractivity contribution in [3.63, 3.8) is 0 Å². The Hall–Kier alpha value is -1.69. The number of rotatable bonds is 5. The van der Waals surface area contributed by atoms with Crippen molar-refractivity contribution >= 4 is 11.9 Å². The van der Waals surface area contributed by atoms with Gasteiger partial charge in [-0.1, -0.05) is 19.3 Å². The van der Waals surface area contributed by atoms with Crippen molar-refractivity contribution < 1.29 is 4.79 Å². The Labute approximate surface area is 163 Å². The lowest BCUT2D eigenvalue weighted by molar-refractivity contribution is -0.127. The molecule has 0 aromatic carbocycles. The Balaban J connectivity index is 1.61. The number of carbonyl (C=O) groups excluding carboxylic acids is 1. The molecule has 1 saturated heterocycles. The molecule has 1 saturated carbocycles. The van der Waals surface area contributed by atoms with E-state index in [2.05, 4.69) is 34.2 Å². The number of anilines is 1. The molecule has 2 heterocycles. The van der Waals surface area contributed by atoms with Gasteiger partial charge in [-0.05, 0) is 59.7 Å². The van der Waals surface area contributed by atoms with E-state index in [9.17, 15) is 4.79 Å². The van der Waals surface area contributed by atoms with Crippen LogP contribution in [-0.4, -0.2) is 54.0 Å². The Kier molecular flexibility index (Phi) is 6.68. The number of nitrogens with one attached hydrogen (secondary N) is 1. The van der Waals surface area contributed by atoms with Crippen LogP contribution in [0.4, 0.5) is 5.95 Å². The van der Waals surface area contributed by atoms with Crippen LogP contribution in [0.1, 0.15) is 69.2 Å². The van der Waals surface area contributed by atoms with Crippen molar-refractivity contribution in [1.29, 1.82) is 0 Å². The van der Waals surface area contributed by atoms with Crippen molar-refractivity contribution in [2.24, 2.45) is 5.92 Å². The van der Waals surface area contributed by atoms with Crippen LogP contribution in [0.25, 0.3) is 0 Å². The van der Waals surface area contributed by atoms with Gasteiger partial charge in [0.1, 0.15) is 0 Å². The van der Waals surface area contributed by atoms with Gasteiger partial charge in [0.05, 0.1) is 6.04 Å². The third-order valence-corrected chi connectivity index (χ3v) is 6.36. The molecule has 1 aliphatic heterocycles. The number of nitrogens with zero attached hydrogens (tertiary/aromatic N) is 4. The number of hydrogen-bond acceptors (Lipinski definition) is 5. The van der Waals surface area contributed by atoms with Gasteiger partial charge in [0.15, 0.2) is 0 Å². The Morgan fingerprint density at radius 1 is 1.22 bits per heavy atom. The largest absolute Gasteiger partial charge is 0.349 e. The van der Waals surface area contributed by atoms with Crippen LogP contribution < -0.4 is 10.2 Å². The van der Waals surface area contributed by atoms with Gasteiger partial charge in [0.25, 0.3) is 0 Å². The molecule has 1 aromatic rings. The summed E-state index contributed by atoms with van der Waals surface area (Å²) in [5, 5.41) is 3.18. The predicted molar refractivity (Wildman–Crippen MR) is 109 cm³/mol. The highest BCUT2D eigenvalue weighted by Crippen LogP contribution is 2.25. The molecule has 6 nitrogen and oxygen atoms in total. The molecule has 1 atom stereocenters. The number of likely N-dealkylation sites (tertiary alicyclic amines) is 1. The van der Waals surface area contributed by atoms with E-state index in [-0.39, 0.29) is 17.9 Å². The maximum Gasteiger partial charge on any atom is 0.225 e. The molecule has 1 aliphatic carbocycles. The highest BCUT2D eigenvalue weighted by atomic mass is 16.1. The topological polar surface area (TPSA) is 61.4 Å². The van der Waals surface area contributed by atoms with Crippen molar-refractivity contribution in [3.05, 3.63) is 17.5 Å². The molecule has 0 bridgehead atoms. The number of hydrogen-bond donors (Lipinski definition) is 1. The summed E-state index contributed by atoms with van der Waals surface area (Å²) >= 11 is 0. The summed E-state index contributed by atoms with van der Waals surface area (Å²) in [6.07, 6.45) is 10.2. The first-order valence-corrected chi connectivity index (χ1v) is 10.5. The smallest absolute Gasteiger partial charge is 0.225 e. The van der Waals surface area contributed by atoms with Gasteiger partial charge in [-0.3, -0.25) is 4.79 Å². The summed E-state index contributed by atoms with van der Waals surface area (Å²) in [6.45, 7) is 6.05. The minimum absolute atomic E-state index is 0.0637. The minimum atomic E-state index is -0.0637. The number of aryl methyl sites for hydroxylation is 1.